The van der Waals surface area contributed by atoms with Crippen LogP contribution in [0.5, 0.6) is 23.0 Å². The van der Waals surface area contributed by atoms with Gasteiger partial charge in [0.25, 0.3) is 0 Å². The first-order valence-corrected chi connectivity index (χ1v) is 22.1. The van der Waals surface area contributed by atoms with Crippen molar-refractivity contribution in [3.8, 4) is 34.3 Å². The predicted octanol–water partition coefficient (Wildman–Crippen LogP) is -3.26. The number of aliphatic hydroxyl groups excluding tert-OH is 12. The molecule has 20 atom stereocenters. The molecule has 20 unspecified atom stereocenters. The Labute approximate surface area is 393 Å². The average Bonchev–Trinajstić information content (AvgIpc) is 3.32. The average molecular weight is 985 g/mol. The zero-order chi connectivity index (χ0) is 50.3. The molecule has 4 fully saturated rings. The van der Waals surface area contributed by atoms with Gasteiger partial charge < -0.3 is 113 Å². The lowest BCUT2D eigenvalue weighted by atomic mass is 9.97. The molecule has 0 bridgehead atoms. The quantitative estimate of drug-likeness (QED) is 0.0705. The zero-order valence-electron chi connectivity index (χ0n) is 37.9. The second kappa shape index (κ2) is 21.7. The van der Waals surface area contributed by atoms with E-state index in [4.69, 9.17) is 47.0 Å². The van der Waals surface area contributed by atoms with Gasteiger partial charge in [-0.15, -0.1) is 0 Å². The summed E-state index contributed by atoms with van der Waals surface area (Å²) in [7, 11) is 1.42. The van der Waals surface area contributed by atoms with Crippen molar-refractivity contribution in [2.24, 2.45) is 0 Å². The van der Waals surface area contributed by atoms with Crippen molar-refractivity contribution in [2.75, 3.05) is 20.3 Å². The van der Waals surface area contributed by atoms with Crippen LogP contribution in [0, 0.1) is 0 Å². The van der Waals surface area contributed by atoms with E-state index < -0.39 is 158 Å². The summed E-state index contributed by atoms with van der Waals surface area (Å²) >= 11 is 0. The van der Waals surface area contributed by atoms with Gasteiger partial charge in [0, 0.05) is 17.2 Å². The topological polar surface area (TPSA) is 376 Å². The molecular weight excluding hydrogens is 924 g/mol. The van der Waals surface area contributed by atoms with E-state index in [2.05, 4.69) is 0 Å². The Morgan fingerprint density at radius 2 is 1.13 bits per heavy atom. The molecule has 2 aromatic carbocycles. The van der Waals surface area contributed by atoms with Gasteiger partial charge in [0.05, 0.1) is 32.5 Å². The van der Waals surface area contributed by atoms with E-state index in [0.29, 0.717) is 5.75 Å². The molecule has 4 aliphatic rings. The summed E-state index contributed by atoms with van der Waals surface area (Å²) in [5.41, 5.74) is -0.338. The van der Waals surface area contributed by atoms with Gasteiger partial charge in [-0.1, -0.05) is 11.6 Å². The first-order valence-electron chi connectivity index (χ1n) is 22.1. The van der Waals surface area contributed by atoms with Crippen LogP contribution in [-0.2, 0) is 34.8 Å². The van der Waals surface area contributed by atoms with Crippen molar-refractivity contribution in [2.45, 2.75) is 157 Å². The molecule has 4 aliphatic heterocycles. The minimum absolute atomic E-state index is 0.0550. The fourth-order valence-electron chi connectivity index (χ4n) is 8.40. The largest absolute Gasteiger partial charge is 0.507 e. The van der Waals surface area contributed by atoms with Gasteiger partial charge in [0.2, 0.25) is 23.8 Å². The highest BCUT2D eigenvalue weighted by Crippen LogP contribution is 2.43. The lowest BCUT2D eigenvalue weighted by Gasteiger charge is -2.45. The number of methoxy groups -OCH3 is 1. The third-order valence-electron chi connectivity index (χ3n) is 12.6. The Hall–Kier alpha value is -4.13. The van der Waals surface area contributed by atoms with E-state index in [1.54, 1.807) is 19.9 Å². The number of aromatic hydroxyl groups is 1. The first-order chi connectivity index (χ1) is 32.7. The van der Waals surface area contributed by atoms with Crippen molar-refractivity contribution in [1.82, 2.24) is 0 Å². The summed E-state index contributed by atoms with van der Waals surface area (Å²) in [5.74, 6) is -1.60. The fraction of sp³-hybridized carbons (Fsp3) is 0.622. The number of allylic oxidation sites excluding steroid dienone is 2. The van der Waals surface area contributed by atoms with E-state index in [9.17, 15) is 66.4 Å². The highest BCUT2D eigenvalue weighted by molar-refractivity contribution is 5.91. The lowest BCUT2D eigenvalue weighted by molar-refractivity contribution is -0.357. The van der Waals surface area contributed by atoms with Crippen LogP contribution in [0.1, 0.15) is 33.3 Å². The van der Waals surface area contributed by atoms with Crippen molar-refractivity contribution < 1.29 is 113 Å². The molecule has 0 aliphatic carbocycles. The minimum Gasteiger partial charge on any atom is -0.507 e. The minimum atomic E-state index is -1.97. The van der Waals surface area contributed by atoms with Gasteiger partial charge in [-0.3, -0.25) is 4.79 Å². The van der Waals surface area contributed by atoms with Gasteiger partial charge in [0.15, 0.2) is 30.5 Å². The Bertz CT molecular complexity index is 2300. The van der Waals surface area contributed by atoms with Crippen molar-refractivity contribution in [3.05, 3.63) is 57.8 Å². The SMILES string of the molecule is COc1ccc(-c2oc3c(CC=C(C)C)c(OC4OC(CO)C(O)C(O)C4OC4OC(CO)C(O)C(O)C4O)cc(O)c3c(=O)c2OC2OC(C)C(O)C(O)C2OC2OC(C)C(O)C(O)C2O)cc1. The molecule has 0 radical (unpaired) electrons. The summed E-state index contributed by atoms with van der Waals surface area (Å²) in [6.07, 6.45) is -32.5. The standard InChI is InChI=1S/C45H60O24/c1-15(2)6-11-20-22(63-45-41(34(57)29(52)24(14-47)65-45)69-43-36(59)32(55)28(51)23(13-46)64-43)12-21(48)25-30(53)39(37(66-38(20)25)18-7-9-19(60-5)10-8-18)67-44-40(33(56)27(50)17(4)62-44)68-42-35(58)31(54)26(49)16(3)61-42/h6-10,12,16-17,23-24,26-29,31-36,40-52,54-59H,11,13-14H2,1-5H3. The van der Waals surface area contributed by atoms with Crippen LogP contribution in [0.2, 0.25) is 0 Å². The molecule has 69 heavy (non-hydrogen) atoms. The van der Waals surface area contributed by atoms with Crippen molar-refractivity contribution >= 4 is 11.0 Å². The molecule has 24 heteroatoms. The Morgan fingerprint density at radius 1 is 0.638 bits per heavy atom. The fourth-order valence-corrected chi connectivity index (χ4v) is 8.40. The van der Waals surface area contributed by atoms with Gasteiger partial charge in [0.1, 0.15) is 101 Å². The number of phenolic OH excluding ortho intramolecular Hbond substituents is 1. The molecular formula is C45H60O24. The number of benzene rings is 2. The summed E-state index contributed by atoms with van der Waals surface area (Å²) in [4.78, 5) is 15.0. The summed E-state index contributed by atoms with van der Waals surface area (Å²) in [6.45, 7) is 4.63. The van der Waals surface area contributed by atoms with Crippen LogP contribution in [0.3, 0.4) is 0 Å². The number of hydrogen-bond acceptors (Lipinski definition) is 24. The Balaban J connectivity index is 1.35. The van der Waals surface area contributed by atoms with E-state index in [0.717, 1.165) is 11.6 Å². The maximum Gasteiger partial charge on any atom is 0.239 e. The maximum atomic E-state index is 15.0. The summed E-state index contributed by atoms with van der Waals surface area (Å²) < 4.78 is 59.0. The third kappa shape index (κ3) is 10.5. The second-order valence-corrected chi connectivity index (χ2v) is 17.6. The maximum absolute atomic E-state index is 15.0. The molecule has 13 N–H and O–H groups in total. The van der Waals surface area contributed by atoms with Crippen LogP contribution in [0.15, 0.2) is 51.2 Å². The van der Waals surface area contributed by atoms with Crippen LogP contribution in [0.25, 0.3) is 22.3 Å². The monoisotopic (exact) mass is 984 g/mol. The zero-order valence-corrected chi connectivity index (χ0v) is 37.9. The van der Waals surface area contributed by atoms with Crippen LogP contribution < -0.4 is 19.6 Å². The number of aliphatic hydroxyl groups is 12. The van der Waals surface area contributed by atoms with E-state index in [1.807, 2.05) is 0 Å². The Kier molecular flexibility index (Phi) is 16.6. The number of phenols is 1. The molecule has 5 heterocycles. The molecule has 384 valence electrons. The van der Waals surface area contributed by atoms with Crippen LogP contribution in [0.4, 0.5) is 0 Å². The lowest BCUT2D eigenvalue weighted by Crippen LogP contribution is -2.65. The number of ether oxygens (including phenoxy) is 9. The van der Waals surface area contributed by atoms with Gasteiger partial charge in [-0.2, -0.15) is 0 Å². The normalized spacial score (nSPS) is 38.4. The van der Waals surface area contributed by atoms with Crippen LogP contribution in [-0.4, -0.2) is 210 Å². The first kappa shape index (κ1) is 52.7. The molecule has 0 amide bonds. The van der Waals surface area contributed by atoms with Crippen molar-refractivity contribution in [1.29, 1.82) is 0 Å². The summed E-state index contributed by atoms with van der Waals surface area (Å²) in [5, 5.41) is 139. The molecule has 1 aromatic heterocycles. The number of hydrogen-bond donors (Lipinski definition) is 13. The molecule has 3 aromatic rings. The second-order valence-electron chi connectivity index (χ2n) is 17.6. The smallest absolute Gasteiger partial charge is 0.239 e. The Morgan fingerprint density at radius 3 is 1.70 bits per heavy atom. The number of rotatable bonds is 14. The molecule has 0 spiro atoms. The van der Waals surface area contributed by atoms with Gasteiger partial charge >= 0.3 is 0 Å². The molecule has 4 saturated heterocycles. The van der Waals surface area contributed by atoms with Gasteiger partial charge in [-0.05, 0) is 58.4 Å². The van der Waals surface area contributed by atoms with Crippen molar-refractivity contribution in [3.63, 3.8) is 0 Å². The third-order valence-corrected chi connectivity index (χ3v) is 12.6. The van der Waals surface area contributed by atoms with E-state index in [1.165, 1.54) is 45.2 Å². The molecule has 7 rings (SSSR count). The van der Waals surface area contributed by atoms with E-state index in [-0.39, 0.29) is 34.6 Å². The number of fused-ring (bicyclic) bond motifs is 1. The summed E-state index contributed by atoms with van der Waals surface area (Å²) in [6, 6.07) is 7.07. The van der Waals surface area contributed by atoms with Crippen LogP contribution >= 0.6 is 0 Å². The van der Waals surface area contributed by atoms with Gasteiger partial charge in [-0.25, -0.2) is 0 Å². The predicted molar refractivity (Wildman–Crippen MR) is 231 cm³/mol. The highest BCUT2D eigenvalue weighted by atomic mass is 16.8. The molecule has 24 nitrogen and oxygen atoms in total. The molecule has 0 saturated carbocycles. The highest BCUT2D eigenvalue weighted by Gasteiger charge is 2.53. The van der Waals surface area contributed by atoms with E-state index >= 15 is 4.79 Å².